The van der Waals surface area contributed by atoms with Gasteiger partial charge in [0.15, 0.2) is 0 Å². The molecule has 0 unspecified atom stereocenters. The van der Waals surface area contributed by atoms with Crippen LogP contribution in [0.4, 0.5) is 0 Å². The fourth-order valence-electron chi connectivity index (χ4n) is 0.964. The largest absolute Gasteiger partial charge is 0.291 e. The van der Waals surface area contributed by atoms with Crippen LogP contribution in [0.25, 0.3) is 5.70 Å². The van der Waals surface area contributed by atoms with Crippen molar-refractivity contribution in [1.29, 1.82) is 0 Å². The molecule has 1 aromatic rings. The molecule has 0 N–H and O–H groups in total. The third-order valence-corrected chi connectivity index (χ3v) is 2.09. The highest BCUT2D eigenvalue weighted by Gasteiger charge is 2.14. The second kappa shape index (κ2) is 2.93. The van der Waals surface area contributed by atoms with Crippen molar-refractivity contribution < 1.29 is 0 Å². The van der Waals surface area contributed by atoms with E-state index in [1.165, 1.54) is 5.56 Å². The van der Waals surface area contributed by atoms with Crippen molar-refractivity contribution in [2.75, 3.05) is 0 Å². The molecule has 0 saturated carbocycles. The van der Waals surface area contributed by atoms with Crippen LogP contribution in [0.2, 0.25) is 0 Å². The predicted molar refractivity (Wildman–Crippen MR) is 50.2 cm³/mol. The first-order valence-corrected chi connectivity index (χ1v) is 4.35. The molecule has 1 aliphatic heterocycles. The van der Waals surface area contributed by atoms with Gasteiger partial charge in [0.05, 0.1) is 16.0 Å². The van der Waals surface area contributed by atoms with Crippen LogP contribution >= 0.6 is 11.8 Å². The van der Waals surface area contributed by atoms with Crippen LogP contribution in [0.3, 0.4) is 0 Å². The average molecular weight is 161 g/mol. The van der Waals surface area contributed by atoms with Crippen LogP contribution in [0.1, 0.15) is 5.56 Å². The van der Waals surface area contributed by atoms with Gasteiger partial charge >= 0.3 is 0 Å². The van der Waals surface area contributed by atoms with E-state index in [9.17, 15) is 0 Å². The highest BCUT2D eigenvalue weighted by molar-refractivity contribution is 8.15. The minimum absolute atomic E-state index is 1.07. The van der Waals surface area contributed by atoms with Gasteiger partial charge in [0.2, 0.25) is 0 Å². The first kappa shape index (κ1) is 6.68. The molecule has 2 heteroatoms. The molecule has 53 valence electrons. The molecule has 0 saturated heterocycles. The predicted octanol–water partition coefficient (Wildman–Crippen LogP) is 2.10. The smallest absolute Gasteiger partial charge is 0.0622 e. The maximum absolute atomic E-state index is 4.20. The second-order valence-electron chi connectivity index (χ2n) is 2.24. The van der Waals surface area contributed by atoms with Crippen molar-refractivity contribution in [2.45, 2.75) is 0 Å². The molecule has 1 nitrogen and oxygen atoms in total. The normalized spacial score (nSPS) is 15.1. The average Bonchev–Trinajstić information content (AvgIpc) is 2.58. The first-order valence-electron chi connectivity index (χ1n) is 3.40. The summed E-state index contributed by atoms with van der Waals surface area (Å²) in [5, 5.41) is 2.05. The summed E-state index contributed by atoms with van der Waals surface area (Å²) in [4.78, 5) is 4.20. The van der Waals surface area contributed by atoms with Gasteiger partial charge in [0, 0.05) is 0 Å². The van der Waals surface area contributed by atoms with Gasteiger partial charge in [-0.25, -0.2) is 0 Å². The lowest BCUT2D eigenvalue weighted by Gasteiger charge is -1.86. The van der Waals surface area contributed by atoms with Gasteiger partial charge < -0.3 is 0 Å². The number of rotatable bonds is 1. The fraction of sp³-hybridized carbons (Fsp3) is 0. The summed E-state index contributed by atoms with van der Waals surface area (Å²) in [6.07, 6.45) is 0. The number of thioether (sulfide) groups is 1. The zero-order valence-corrected chi connectivity index (χ0v) is 6.71. The molecule has 0 spiro atoms. The van der Waals surface area contributed by atoms with E-state index < -0.39 is 0 Å². The molecular formula is C9H7NS+. The lowest BCUT2D eigenvalue weighted by Crippen LogP contribution is -1.85. The molecule has 0 fully saturated rings. The van der Waals surface area contributed by atoms with Crippen molar-refractivity contribution in [1.82, 2.24) is 4.99 Å². The van der Waals surface area contributed by atoms with E-state index in [-0.39, 0.29) is 0 Å². The van der Waals surface area contributed by atoms with Crippen LogP contribution in [-0.4, -0.2) is 5.55 Å². The maximum Gasteiger partial charge on any atom is 0.291 e. The molecule has 11 heavy (non-hydrogen) atoms. The molecular weight excluding hydrogens is 154 g/mol. The standard InChI is InChI=1S/C9H7NS/c1-2-4-8(5-3-1)9-6-11-7-10-9/h1-7H/q+1. The van der Waals surface area contributed by atoms with E-state index in [2.05, 4.69) is 22.5 Å². The molecule has 0 amide bonds. The summed E-state index contributed by atoms with van der Waals surface area (Å²) < 4.78 is 0. The number of benzene rings is 1. The molecule has 0 atom stereocenters. The van der Waals surface area contributed by atoms with Crippen molar-refractivity contribution in [3.05, 3.63) is 41.3 Å². The Labute approximate surface area is 69.8 Å². The summed E-state index contributed by atoms with van der Waals surface area (Å²) in [5.41, 5.74) is 4.10. The summed E-state index contributed by atoms with van der Waals surface area (Å²) >= 11 is 1.62. The van der Waals surface area contributed by atoms with Crippen LogP contribution in [0.15, 0.2) is 35.7 Å². The lowest BCUT2D eigenvalue weighted by molar-refractivity contribution is 1.42. The number of aliphatic imine (C=N–C) groups is 1. The number of hydrogen-bond donors (Lipinski definition) is 0. The van der Waals surface area contributed by atoms with Gasteiger partial charge in [-0.15, -0.1) is 0 Å². The SMILES string of the molecule is C1=[N+]C(c2ccccc2)=CS1. The van der Waals surface area contributed by atoms with Gasteiger partial charge in [-0.1, -0.05) is 18.2 Å². The molecule has 1 heterocycles. The Morgan fingerprint density at radius 3 is 2.55 bits per heavy atom. The molecule has 2 rings (SSSR count). The summed E-state index contributed by atoms with van der Waals surface area (Å²) in [5.74, 6) is 0. The van der Waals surface area contributed by atoms with Crippen molar-refractivity contribution in [3.8, 4) is 0 Å². The topological polar surface area (TPSA) is 14.1 Å². The zero-order valence-electron chi connectivity index (χ0n) is 5.90. The van der Waals surface area contributed by atoms with E-state index in [1.807, 2.05) is 23.7 Å². The third-order valence-electron chi connectivity index (χ3n) is 1.50. The molecule has 1 aliphatic rings. The van der Waals surface area contributed by atoms with Crippen LogP contribution < -0.4 is 4.99 Å². The van der Waals surface area contributed by atoms with Gasteiger partial charge in [-0.05, 0) is 23.9 Å². The number of hydrogen-bond acceptors (Lipinski definition) is 2. The Bertz CT molecular complexity index is 301. The Hall–Kier alpha value is -1.02. The Morgan fingerprint density at radius 1 is 1.09 bits per heavy atom. The van der Waals surface area contributed by atoms with E-state index in [0.29, 0.717) is 0 Å². The third kappa shape index (κ3) is 1.35. The van der Waals surface area contributed by atoms with E-state index >= 15 is 0 Å². The van der Waals surface area contributed by atoms with Gasteiger partial charge in [-0.3, -0.25) is 0 Å². The monoisotopic (exact) mass is 161 g/mol. The van der Waals surface area contributed by atoms with Crippen LogP contribution in [0, 0.1) is 0 Å². The molecule has 0 aliphatic carbocycles. The molecule has 0 bridgehead atoms. The zero-order chi connectivity index (χ0) is 7.52. The fourth-order valence-corrected chi connectivity index (χ4v) is 1.53. The second-order valence-corrected chi connectivity index (χ2v) is 2.96. The van der Waals surface area contributed by atoms with Crippen molar-refractivity contribution in [3.63, 3.8) is 0 Å². The summed E-state index contributed by atoms with van der Waals surface area (Å²) in [6, 6.07) is 10.2. The maximum atomic E-state index is 4.20. The van der Waals surface area contributed by atoms with E-state index in [0.717, 1.165) is 5.70 Å². The van der Waals surface area contributed by atoms with E-state index in [4.69, 9.17) is 0 Å². The minimum atomic E-state index is 1.07. The molecule has 1 radical (unpaired) electrons. The Kier molecular flexibility index (Phi) is 1.78. The van der Waals surface area contributed by atoms with Crippen molar-refractivity contribution >= 4 is 23.0 Å². The van der Waals surface area contributed by atoms with Crippen LogP contribution in [-0.2, 0) is 0 Å². The first-order chi connectivity index (χ1) is 5.47. The minimum Gasteiger partial charge on any atom is -0.0622 e. The quantitative estimate of drug-likeness (QED) is 0.615. The molecule has 0 aromatic heterocycles. The van der Waals surface area contributed by atoms with Gasteiger partial charge in [-0.2, -0.15) is 0 Å². The highest BCUT2D eigenvalue weighted by atomic mass is 32.2. The summed E-state index contributed by atoms with van der Waals surface area (Å²) in [6.45, 7) is 0. The van der Waals surface area contributed by atoms with Gasteiger partial charge in [0.25, 0.3) is 11.2 Å². The number of nitrogens with zero attached hydrogens (tertiary/aromatic N) is 1. The van der Waals surface area contributed by atoms with Crippen LogP contribution in [0.5, 0.6) is 0 Å². The molecule has 1 aromatic carbocycles. The summed E-state index contributed by atoms with van der Waals surface area (Å²) in [7, 11) is 0. The van der Waals surface area contributed by atoms with E-state index in [1.54, 1.807) is 11.8 Å². The van der Waals surface area contributed by atoms with Crippen molar-refractivity contribution in [2.24, 2.45) is 0 Å². The highest BCUT2D eigenvalue weighted by Crippen LogP contribution is 2.17. The lowest BCUT2D eigenvalue weighted by atomic mass is 10.2. The van der Waals surface area contributed by atoms with Gasteiger partial charge in [0.1, 0.15) is 0 Å². The Morgan fingerprint density at radius 2 is 1.91 bits per heavy atom. The Balaban J connectivity index is 2.37.